The summed E-state index contributed by atoms with van der Waals surface area (Å²) in [7, 11) is -3.12. The predicted octanol–water partition coefficient (Wildman–Crippen LogP) is 2.45. The number of hydrogen-bond donors (Lipinski definition) is 1. The molecule has 0 amide bonds. The van der Waals surface area contributed by atoms with Crippen molar-refractivity contribution in [2.45, 2.75) is 33.7 Å². The van der Waals surface area contributed by atoms with E-state index in [1.54, 1.807) is 26.8 Å². The van der Waals surface area contributed by atoms with E-state index < -0.39 is 14.8 Å². The minimum Gasteiger partial charge on any atom is -0.376 e. The number of nitro groups is 1. The number of nitrogens with one attached hydrogen (secondary N) is 1. The Hall–Kier alpha value is -1.63. The molecule has 20 heavy (non-hydrogen) atoms. The highest BCUT2D eigenvalue weighted by molar-refractivity contribution is 7.91. The van der Waals surface area contributed by atoms with Crippen LogP contribution in [0.15, 0.2) is 12.1 Å². The summed E-state index contributed by atoms with van der Waals surface area (Å²) in [5, 5.41) is 14.0. The van der Waals surface area contributed by atoms with Crippen molar-refractivity contribution in [2.75, 3.05) is 16.8 Å². The molecule has 0 aliphatic heterocycles. The molecule has 6 nitrogen and oxygen atoms in total. The zero-order valence-electron chi connectivity index (χ0n) is 12.1. The molecule has 0 fully saturated rings. The third-order valence-electron chi connectivity index (χ3n) is 3.15. The molecule has 112 valence electrons. The lowest BCUT2D eigenvalue weighted by atomic mass is 10.1. The van der Waals surface area contributed by atoms with Crippen LogP contribution in [-0.2, 0) is 9.84 Å². The number of sulfone groups is 1. The topological polar surface area (TPSA) is 89.3 Å². The molecule has 0 saturated carbocycles. The molecular weight excluding hydrogens is 280 g/mol. The molecule has 0 spiro atoms. The number of nitro benzene ring substituents is 1. The van der Waals surface area contributed by atoms with Crippen molar-refractivity contribution in [3.8, 4) is 0 Å². The van der Waals surface area contributed by atoms with Crippen molar-refractivity contribution in [1.29, 1.82) is 0 Å². The van der Waals surface area contributed by atoms with Gasteiger partial charge in [0.1, 0.15) is 5.69 Å². The fourth-order valence-electron chi connectivity index (χ4n) is 1.87. The van der Waals surface area contributed by atoms with Crippen molar-refractivity contribution in [1.82, 2.24) is 0 Å². The number of nitrogens with zero attached hydrogens (tertiary/aromatic N) is 1. The minimum absolute atomic E-state index is 0.0335. The maximum atomic E-state index is 11.6. The maximum absolute atomic E-state index is 11.6. The van der Waals surface area contributed by atoms with E-state index in [9.17, 15) is 18.5 Å². The number of anilines is 1. The largest absolute Gasteiger partial charge is 0.376 e. The Bertz CT molecular complexity index is 611. The van der Waals surface area contributed by atoms with Crippen LogP contribution < -0.4 is 5.32 Å². The highest BCUT2D eigenvalue weighted by Gasteiger charge is 2.19. The van der Waals surface area contributed by atoms with Crippen LogP contribution in [-0.4, -0.2) is 30.9 Å². The average Bonchev–Trinajstić information content (AvgIpc) is 2.32. The second-order valence-electron chi connectivity index (χ2n) is 4.96. The van der Waals surface area contributed by atoms with Gasteiger partial charge in [0.25, 0.3) is 5.69 Å². The molecule has 0 heterocycles. The molecule has 0 bridgehead atoms. The van der Waals surface area contributed by atoms with Gasteiger partial charge in [-0.05, 0) is 38.0 Å². The lowest BCUT2D eigenvalue weighted by molar-refractivity contribution is -0.384. The highest BCUT2D eigenvalue weighted by Crippen LogP contribution is 2.28. The summed E-state index contributed by atoms with van der Waals surface area (Å²) in [6, 6.07) is 2.79. The molecule has 0 aliphatic rings. The van der Waals surface area contributed by atoms with Crippen LogP contribution >= 0.6 is 0 Å². The van der Waals surface area contributed by atoms with Crippen LogP contribution in [0, 0.1) is 24.0 Å². The average molecular weight is 300 g/mol. The predicted molar refractivity (Wildman–Crippen MR) is 80.0 cm³/mol. The summed E-state index contributed by atoms with van der Waals surface area (Å²) in [4.78, 5) is 10.6. The van der Waals surface area contributed by atoms with E-state index in [1.165, 1.54) is 6.07 Å². The van der Waals surface area contributed by atoms with E-state index >= 15 is 0 Å². The molecule has 7 heteroatoms. The summed E-state index contributed by atoms with van der Waals surface area (Å²) in [5.41, 5.74) is 2.07. The van der Waals surface area contributed by atoms with Crippen LogP contribution in [0.2, 0.25) is 0 Å². The van der Waals surface area contributed by atoms with Gasteiger partial charge >= 0.3 is 0 Å². The Balaban J connectivity index is 3.03. The third-order valence-corrected chi connectivity index (χ3v) is 5.04. The molecular formula is C13H20N2O4S. The Morgan fingerprint density at radius 3 is 2.35 bits per heavy atom. The minimum atomic E-state index is -3.12. The summed E-state index contributed by atoms with van der Waals surface area (Å²) in [5.74, 6) is 0.0155. The molecule has 1 atom stereocenters. The van der Waals surface area contributed by atoms with E-state index in [-0.39, 0.29) is 23.2 Å². The van der Waals surface area contributed by atoms with E-state index in [0.29, 0.717) is 5.69 Å². The van der Waals surface area contributed by atoms with Gasteiger partial charge in [0.2, 0.25) is 0 Å². The lowest BCUT2D eigenvalue weighted by Crippen LogP contribution is -2.27. The van der Waals surface area contributed by atoms with Gasteiger partial charge in [-0.15, -0.1) is 0 Å². The third kappa shape index (κ3) is 4.19. The second-order valence-corrected chi connectivity index (χ2v) is 7.35. The van der Waals surface area contributed by atoms with Gasteiger partial charge in [-0.25, -0.2) is 8.42 Å². The first-order valence-electron chi connectivity index (χ1n) is 6.39. The van der Waals surface area contributed by atoms with Crippen LogP contribution in [0.25, 0.3) is 0 Å². The second kappa shape index (κ2) is 6.21. The molecule has 0 saturated heterocycles. The zero-order chi connectivity index (χ0) is 15.5. The van der Waals surface area contributed by atoms with E-state index in [1.807, 2.05) is 6.92 Å². The van der Waals surface area contributed by atoms with Crippen molar-refractivity contribution in [3.05, 3.63) is 33.4 Å². The van der Waals surface area contributed by atoms with Gasteiger partial charge in [0.05, 0.1) is 10.7 Å². The standard InChI is InChI=1S/C13H20N2O4S/c1-5-20(18,19)8-11(4)14-12-6-9(2)10(3)7-13(12)15(16)17/h6-7,11,14H,5,8H2,1-4H3. The smallest absolute Gasteiger partial charge is 0.292 e. The van der Waals surface area contributed by atoms with E-state index in [2.05, 4.69) is 5.32 Å². The number of rotatable bonds is 6. The first-order valence-corrected chi connectivity index (χ1v) is 8.21. The van der Waals surface area contributed by atoms with Gasteiger partial charge < -0.3 is 5.32 Å². The summed E-state index contributed by atoms with van der Waals surface area (Å²) < 4.78 is 23.1. The monoisotopic (exact) mass is 300 g/mol. The quantitative estimate of drug-likeness (QED) is 0.644. The highest BCUT2D eigenvalue weighted by atomic mass is 32.2. The van der Waals surface area contributed by atoms with Crippen molar-refractivity contribution >= 4 is 21.2 Å². The number of hydrogen-bond acceptors (Lipinski definition) is 5. The zero-order valence-corrected chi connectivity index (χ0v) is 13.0. The van der Waals surface area contributed by atoms with Gasteiger partial charge in [0, 0.05) is 17.9 Å². The normalized spacial score (nSPS) is 13.0. The Morgan fingerprint density at radius 1 is 1.30 bits per heavy atom. The van der Waals surface area contributed by atoms with Crippen LogP contribution in [0.1, 0.15) is 25.0 Å². The fraction of sp³-hybridized carbons (Fsp3) is 0.538. The van der Waals surface area contributed by atoms with Gasteiger partial charge in [0.15, 0.2) is 9.84 Å². The SMILES string of the molecule is CCS(=O)(=O)CC(C)Nc1cc(C)c(C)cc1[N+](=O)[O-]. The van der Waals surface area contributed by atoms with Gasteiger partial charge in [-0.1, -0.05) is 6.92 Å². The Morgan fingerprint density at radius 2 is 1.85 bits per heavy atom. The molecule has 0 aliphatic carbocycles. The van der Waals surface area contributed by atoms with Crippen LogP contribution in [0.3, 0.4) is 0 Å². The molecule has 0 radical (unpaired) electrons. The van der Waals surface area contributed by atoms with Gasteiger partial charge in [-0.2, -0.15) is 0 Å². The van der Waals surface area contributed by atoms with Crippen LogP contribution in [0.5, 0.6) is 0 Å². The maximum Gasteiger partial charge on any atom is 0.292 e. The summed E-state index contributed by atoms with van der Waals surface area (Å²) in [6.45, 7) is 6.95. The first-order chi connectivity index (χ1) is 9.16. The lowest BCUT2D eigenvalue weighted by Gasteiger charge is -2.16. The molecule has 1 unspecified atom stereocenters. The summed E-state index contributed by atoms with van der Waals surface area (Å²) in [6.07, 6.45) is 0. The molecule has 1 aromatic carbocycles. The van der Waals surface area contributed by atoms with Crippen molar-refractivity contribution in [2.24, 2.45) is 0 Å². The van der Waals surface area contributed by atoms with Crippen LogP contribution in [0.4, 0.5) is 11.4 Å². The number of benzene rings is 1. The van der Waals surface area contributed by atoms with Crippen molar-refractivity contribution < 1.29 is 13.3 Å². The molecule has 1 N–H and O–H groups in total. The Labute approximate surface area is 119 Å². The van der Waals surface area contributed by atoms with Crippen molar-refractivity contribution in [3.63, 3.8) is 0 Å². The van der Waals surface area contributed by atoms with E-state index in [4.69, 9.17) is 0 Å². The van der Waals surface area contributed by atoms with E-state index in [0.717, 1.165) is 11.1 Å². The molecule has 0 aromatic heterocycles. The van der Waals surface area contributed by atoms with Gasteiger partial charge in [-0.3, -0.25) is 10.1 Å². The molecule has 1 aromatic rings. The summed E-state index contributed by atoms with van der Waals surface area (Å²) >= 11 is 0. The fourth-order valence-corrected chi connectivity index (χ4v) is 2.95. The first kappa shape index (κ1) is 16.4. The Kier molecular flexibility index (Phi) is 5.10. The molecule has 1 rings (SSSR count). The number of aryl methyl sites for hydroxylation is 2.